The number of pyridine rings is 1. The molecule has 0 N–H and O–H groups in total. The fraction of sp³-hybridized carbons (Fsp3) is 0.394. The molecule has 216 valence electrons. The zero-order valence-electron chi connectivity index (χ0n) is 23.6. The van der Waals surface area contributed by atoms with Gasteiger partial charge in [0, 0.05) is 46.4 Å². The molecule has 2 saturated heterocycles. The van der Waals surface area contributed by atoms with Crippen molar-refractivity contribution < 1.29 is 9.53 Å². The SMILES string of the molecule is C=CC(=O)C1CCC[C@@H]2[C@H]1CN2c1nc(OC[C@@H]2CCCN2C)nc2nc(-c3cccc4cccc(Cl)c34)c(Cl)cc12. The third kappa shape index (κ3) is 4.72. The molecule has 7 nitrogen and oxygen atoms in total. The number of ketones is 1. The first-order valence-corrected chi connectivity index (χ1v) is 15.5. The molecule has 1 aliphatic carbocycles. The molecule has 2 aliphatic heterocycles. The summed E-state index contributed by atoms with van der Waals surface area (Å²) in [5.41, 5.74) is 1.99. The molecular weight excluding hydrogens is 569 g/mol. The number of nitrogens with zero attached hydrogens (tertiary/aromatic N) is 5. The van der Waals surface area contributed by atoms with E-state index in [1.54, 1.807) is 0 Å². The van der Waals surface area contributed by atoms with Crippen LogP contribution >= 0.6 is 23.2 Å². The predicted octanol–water partition coefficient (Wildman–Crippen LogP) is 6.98. The van der Waals surface area contributed by atoms with Crippen LogP contribution in [0, 0.1) is 11.8 Å². The molecule has 4 heterocycles. The number of allylic oxidation sites excluding steroid dienone is 1. The Morgan fingerprint density at radius 2 is 1.90 bits per heavy atom. The van der Waals surface area contributed by atoms with Crippen LogP contribution in [-0.2, 0) is 4.79 Å². The van der Waals surface area contributed by atoms with E-state index in [2.05, 4.69) is 23.4 Å². The smallest absolute Gasteiger partial charge is 0.320 e. The van der Waals surface area contributed by atoms with E-state index < -0.39 is 0 Å². The maximum atomic E-state index is 12.6. The number of hydrogen-bond donors (Lipinski definition) is 0. The number of fused-ring (bicyclic) bond motifs is 3. The van der Waals surface area contributed by atoms with Crippen LogP contribution in [0.2, 0.25) is 10.0 Å². The van der Waals surface area contributed by atoms with Gasteiger partial charge in [0.1, 0.15) is 12.4 Å². The molecule has 0 bridgehead atoms. The van der Waals surface area contributed by atoms with Gasteiger partial charge in [-0.15, -0.1) is 0 Å². The van der Waals surface area contributed by atoms with Gasteiger partial charge in [-0.1, -0.05) is 66.5 Å². The maximum Gasteiger partial charge on any atom is 0.320 e. The molecule has 1 saturated carbocycles. The molecule has 2 aromatic heterocycles. The number of hydrogen-bond acceptors (Lipinski definition) is 7. The number of anilines is 1. The van der Waals surface area contributed by atoms with Gasteiger partial charge in [0.05, 0.1) is 16.1 Å². The summed E-state index contributed by atoms with van der Waals surface area (Å²) >= 11 is 13.6. The number of halogens is 2. The first kappa shape index (κ1) is 27.6. The van der Waals surface area contributed by atoms with Gasteiger partial charge in [-0.2, -0.15) is 9.97 Å². The van der Waals surface area contributed by atoms with Crippen molar-refractivity contribution in [2.75, 3.05) is 31.6 Å². The molecule has 1 unspecified atom stereocenters. The van der Waals surface area contributed by atoms with E-state index in [9.17, 15) is 4.79 Å². The molecule has 9 heteroatoms. The zero-order chi connectivity index (χ0) is 29.0. The van der Waals surface area contributed by atoms with Gasteiger partial charge in [0.25, 0.3) is 0 Å². The number of carbonyl (C=O) groups is 1. The highest BCUT2D eigenvalue weighted by molar-refractivity contribution is 6.38. The van der Waals surface area contributed by atoms with E-state index in [-0.39, 0.29) is 23.7 Å². The number of aromatic nitrogens is 3. The lowest BCUT2D eigenvalue weighted by Crippen LogP contribution is -2.62. The second-order valence-corrected chi connectivity index (χ2v) is 12.6. The fourth-order valence-electron chi connectivity index (χ4n) is 7.17. The highest BCUT2D eigenvalue weighted by atomic mass is 35.5. The Labute approximate surface area is 255 Å². The molecule has 0 amide bonds. The topological polar surface area (TPSA) is 71.5 Å². The molecule has 2 aromatic carbocycles. The average molecular weight is 603 g/mol. The monoisotopic (exact) mass is 601 g/mol. The molecule has 4 atom stereocenters. The third-order valence-corrected chi connectivity index (χ3v) is 10.1. The summed E-state index contributed by atoms with van der Waals surface area (Å²) in [6.45, 7) is 6.06. The van der Waals surface area contributed by atoms with E-state index in [4.69, 9.17) is 42.9 Å². The summed E-state index contributed by atoms with van der Waals surface area (Å²) in [6.07, 6.45) is 6.64. The van der Waals surface area contributed by atoms with E-state index in [0.717, 1.165) is 72.7 Å². The Bertz CT molecular complexity index is 1710. The Kier molecular flexibility index (Phi) is 7.29. The summed E-state index contributed by atoms with van der Waals surface area (Å²) in [5.74, 6) is 1.21. The van der Waals surface area contributed by atoms with Gasteiger partial charge >= 0.3 is 6.01 Å². The minimum atomic E-state index is 0.0173. The Morgan fingerprint density at radius 3 is 2.69 bits per heavy atom. The highest BCUT2D eigenvalue weighted by Gasteiger charge is 2.48. The van der Waals surface area contributed by atoms with E-state index in [1.165, 1.54) is 6.08 Å². The number of carbonyl (C=O) groups excluding carboxylic acids is 1. The largest absolute Gasteiger partial charge is 0.462 e. The van der Waals surface area contributed by atoms with Crippen molar-refractivity contribution in [2.45, 2.75) is 44.2 Å². The molecule has 7 rings (SSSR count). The lowest BCUT2D eigenvalue weighted by atomic mass is 9.68. The van der Waals surface area contributed by atoms with Gasteiger partial charge < -0.3 is 14.5 Å². The summed E-state index contributed by atoms with van der Waals surface area (Å²) in [6, 6.07) is 14.6. The van der Waals surface area contributed by atoms with Gasteiger partial charge in [-0.25, -0.2) is 4.98 Å². The van der Waals surface area contributed by atoms with Crippen molar-refractivity contribution in [3.8, 4) is 17.3 Å². The Hall–Kier alpha value is -3.26. The molecule has 0 spiro atoms. The lowest BCUT2D eigenvalue weighted by molar-refractivity contribution is -0.122. The van der Waals surface area contributed by atoms with E-state index >= 15 is 0 Å². The van der Waals surface area contributed by atoms with Gasteiger partial charge in [-0.05, 0) is 62.9 Å². The van der Waals surface area contributed by atoms with Crippen LogP contribution in [0.4, 0.5) is 5.82 Å². The van der Waals surface area contributed by atoms with Gasteiger partial charge in [0.2, 0.25) is 0 Å². The van der Waals surface area contributed by atoms with Crippen molar-refractivity contribution in [2.24, 2.45) is 11.8 Å². The Balaban J connectivity index is 1.32. The number of ether oxygens (including phenoxy) is 1. The van der Waals surface area contributed by atoms with Gasteiger partial charge in [0.15, 0.2) is 11.4 Å². The van der Waals surface area contributed by atoms with Crippen LogP contribution in [0.25, 0.3) is 33.1 Å². The van der Waals surface area contributed by atoms with E-state index in [0.29, 0.717) is 40.0 Å². The minimum absolute atomic E-state index is 0.0173. The number of likely N-dealkylation sites (N-methyl/N-ethyl adjacent to an activating group) is 1. The molecule has 4 aromatic rings. The molecule has 3 fully saturated rings. The van der Waals surface area contributed by atoms with Crippen LogP contribution in [0.15, 0.2) is 55.1 Å². The summed E-state index contributed by atoms with van der Waals surface area (Å²) in [4.78, 5) is 32.0. The first-order chi connectivity index (χ1) is 20.4. The van der Waals surface area contributed by atoms with Crippen LogP contribution in [-0.4, -0.2) is 64.5 Å². The quantitative estimate of drug-likeness (QED) is 0.211. The first-order valence-electron chi connectivity index (χ1n) is 14.7. The van der Waals surface area contributed by atoms with Crippen LogP contribution in [0.3, 0.4) is 0 Å². The number of rotatable bonds is 7. The molecule has 3 aliphatic rings. The van der Waals surface area contributed by atoms with Crippen molar-refractivity contribution in [1.29, 1.82) is 0 Å². The fourth-order valence-corrected chi connectivity index (χ4v) is 7.71. The third-order valence-electron chi connectivity index (χ3n) is 9.46. The summed E-state index contributed by atoms with van der Waals surface area (Å²) in [5, 5.41) is 3.83. The minimum Gasteiger partial charge on any atom is -0.462 e. The van der Waals surface area contributed by atoms with Crippen LogP contribution in [0.1, 0.15) is 32.1 Å². The Morgan fingerprint density at radius 1 is 1.07 bits per heavy atom. The second kappa shape index (κ2) is 11.1. The summed E-state index contributed by atoms with van der Waals surface area (Å²) in [7, 11) is 2.13. The lowest BCUT2D eigenvalue weighted by Gasteiger charge is -2.54. The van der Waals surface area contributed by atoms with Crippen LogP contribution in [0.5, 0.6) is 6.01 Å². The van der Waals surface area contributed by atoms with Crippen molar-refractivity contribution in [1.82, 2.24) is 19.9 Å². The van der Waals surface area contributed by atoms with Crippen molar-refractivity contribution in [3.05, 3.63) is 65.2 Å². The highest BCUT2D eigenvalue weighted by Crippen LogP contribution is 2.46. The number of likely N-dealkylation sites (tertiary alicyclic amines) is 1. The van der Waals surface area contributed by atoms with E-state index in [1.807, 2.05) is 42.5 Å². The van der Waals surface area contributed by atoms with Crippen LogP contribution < -0.4 is 9.64 Å². The molecule has 42 heavy (non-hydrogen) atoms. The van der Waals surface area contributed by atoms with Crippen molar-refractivity contribution in [3.63, 3.8) is 0 Å². The average Bonchev–Trinajstić information content (AvgIpc) is 3.40. The predicted molar refractivity (Wildman–Crippen MR) is 169 cm³/mol. The van der Waals surface area contributed by atoms with Crippen molar-refractivity contribution >= 4 is 56.6 Å². The number of benzene rings is 2. The van der Waals surface area contributed by atoms with Gasteiger partial charge in [-0.3, -0.25) is 4.79 Å². The zero-order valence-corrected chi connectivity index (χ0v) is 25.1. The second-order valence-electron chi connectivity index (χ2n) is 11.8. The molecular formula is C33H33Cl2N5O2. The molecule has 0 radical (unpaired) electrons. The standard InChI is InChI=1S/C33H33Cl2N5O2/c1-3-28(41)21-11-6-14-27-24(21)17-40(27)32-23-16-26(35)30(22-12-4-8-19-9-5-13-25(34)29(19)22)36-31(23)37-33(38-32)42-18-20-10-7-15-39(20)2/h3-5,8-9,12-13,16,20-21,24,27H,1,6-7,10-11,14-15,17-18H2,2H3/t20-,21?,24-,27+/m0/s1. The maximum absolute atomic E-state index is 12.6. The normalized spacial score (nSPS) is 24.0. The summed E-state index contributed by atoms with van der Waals surface area (Å²) < 4.78 is 6.25.